The van der Waals surface area contributed by atoms with Crippen molar-refractivity contribution >= 4 is 23.5 Å². The molecule has 7 heteroatoms. The Morgan fingerprint density at radius 3 is 2.48 bits per heavy atom. The van der Waals surface area contributed by atoms with Crippen LogP contribution in [0.15, 0.2) is 30.7 Å². The second-order valence-electron chi connectivity index (χ2n) is 5.30. The van der Waals surface area contributed by atoms with Gasteiger partial charge in [0.15, 0.2) is 0 Å². The summed E-state index contributed by atoms with van der Waals surface area (Å²) in [6.45, 7) is 5.38. The smallest absolute Gasteiger partial charge is 0.413 e. The lowest BCUT2D eigenvalue weighted by molar-refractivity contribution is 0.0635. The second-order valence-corrected chi connectivity index (χ2v) is 5.64. The molecule has 2 heterocycles. The van der Waals surface area contributed by atoms with Crippen LogP contribution in [0.1, 0.15) is 20.8 Å². The Kier molecular flexibility index (Phi) is 4.37. The van der Waals surface area contributed by atoms with E-state index in [-0.39, 0.29) is 5.28 Å². The minimum Gasteiger partial charge on any atom is -0.444 e. The average molecular weight is 307 g/mol. The van der Waals surface area contributed by atoms with Gasteiger partial charge in [-0.2, -0.15) is 0 Å². The maximum Gasteiger partial charge on any atom is 0.413 e. The first kappa shape index (κ1) is 15.2. The van der Waals surface area contributed by atoms with Crippen molar-refractivity contribution in [3.63, 3.8) is 0 Å². The lowest BCUT2D eigenvalue weighted by atomic mass is 10.1. The van der Waals surface area contributed by atoms with Gasteiger partial charge in [0.2, 0.25) is 5.28 Å². The van der Waals surface area contributed by atoms with Crippen molar-refractivity contribution in [3.05, 3.63) is 36.0 Å². The highest BCUT2D eigenvalue weighted by atomic mass is 35.5. The molecule has 0 saturated carbocycles. The van der Waals surface area contributed by atoms with Gasteiger partial charge in [0.05, 0.1) is 0 Å². The fraction of sp³-hybridized carbons (Fsp3) is 0.286. The fourth-order valence-electron chi connectivity index (χ4n) is 1.55. The molecule has 0 aliphatic carbocycles. The van der Waals surface area contributed by atoms with E-state index in [0.29, 0.717) is 5.82 Å². The number of hydrogen-bond donors (Lipinski definition) is 1. The fourth-order valence-corrected chi connectivity index (χ4v) is 1.65. The number of amides is 1. The molecule has 1 amide bonds. The number of anilines is 1. The van der Waals surface area contributed by atoms with Gasteiger partial charge in [-0.15, -0.1) is 0 Å². The number of ether oxygens (including phenoxy) is 1. The summed E-state index contributed by atoms with van der Waals surface area (Å²) in [5, 5.41) is 2.76. The summed E-state index contributed by atoms with van der Waals surface area (Å²) < 4.78 is 5.17. The van der Waals surface area contributed by atoms with Crippen molar-refractivity contribution in [2.45, 2.75) is 26.4 Å². The molecule has 0 spiro atoms. The van der Waals surface area contributed by atoms with Crippen molar-refractivity contribution in [2.24, 2.45) is 0 Å². The summed E-state index contributed by atoms with van der Waals surface area (Å²) >= 11 is 5.65. The molecule has 0 fully saturated rings. The van der Waals surface area contributed by atoms with E-state index < -0.39 is 11.7 Å². The first-order valence-electron chi connectivity index (χ1n) is 6.27. The predicted octanol–water partition coefficient (Wildman–Crippen LogP) is 3.54. The molecule has 2 aromatic heterocycles. The molecule has 0 aliphatic rings. The van der Waals surface area contributed by atoms with Crippen molar-refractivity contribution in [1.82, 2.24) is 15.0 Å². The summed E-state index contributed by atoms with van der Waals surface area (Å²) in [7, 11) is 0. The molecular formula is C14H15ClN4O2. The number of rotatable bonds is 2. The molecule has 2 rings (SSSR count). The SMILES string of the molecule is CC(C)(C)OC(=O)Nc1cc(-c2cnc(Cl)nc2)ccn1. The zero-order valence-corrected chi connectivity index (χ0v) is 12.7. The molecule has 0 aliphatic heterocycles. The maximum atomic E-state index is 11.7. The highest BCUT2D eigenvalue weighted by molar-refractivity contribution is 6.28. The van der Waals surface area contributed by atoms with E-state index in [0.717, 1.165) is 11.1 Å². The number of nitrogens with one attached hydrogen (secondary N) is 1. The minimum absolute atomic E-state index is 0.180. The lowest BCUT2D eigenvalue weighted by Gasteiger charge is -2.19. The largest absolute Gasteiger partial charge is 0.444 e. The molecule has 110 valence electrons. The standard InChI is InChI=1S/C14H15ClN4O2/c1-14(2,3)21-13(20)19-11-6-9(4-5-16-11)10-7-17-12(15)18-8-10/h4-8H,1-3H3,(H,16,19,20). The van der Waals surface area contributed by atoms with Gasteiger partial charge in [0.25, 0.3) is 0 Å². The van der Waals surface area contributed by atoms with Gasteiger partial charge in [-0.1, -0.05) is 0 Å². The van der Waals surface area contributed by atoms with E-state index in [1.807, 2.05) is 0 Å². The highest BCUT2D eigenvalue weighted by Gasteiger charge is 2.16. The Bertz CT molecular complexity index is 638. The molecule has 0 bridgehead atoms. The van der Waals surface area contributed by atoms with Crippen LogP contribution in [0.2, 0.25) is 5.28 Å². The number of nitrogens with zero attached hydrogens (tertiary/aromatic N) is 3. The Labute approximate surface area is 127 Å². The van der Waals surface area contributed by atoms with Crippen molar-refractivity contribution in [2.75, 3.05) is 5.32 Å². The number of aromatic nitrogens is 3. The third-order valence-electron chi connectivity index (χ3n) is 2.34. The normalized spacial score (nSPS) is 11.0. The Hall–Kier alpha value is -2.21. The average Bonchev–Trinajstić information content (AvgIpc) is 2.37. The summed E-state index contributed by atoms with van der Waals surface area (Å²) in [5.41, 5.74) is 1.02. The molecule has 6 nitrogen and oxygen atoms in total. The van der Waals surface area contributed by atoms with E-state index in [4.69, 9.17) is 16.3 Å². The van der Waals surface area contributed by atoms with Crippen LogP contribution >= 0.6 is 11.6 Å². The van der Waals surface area contributed by atoms with Crippen LogP contribution in [-0.4, -0.2) is 26.6 Å². The van der Waals surface area contributed by atoms with Crippen LogP contribution < -0.4 is 5.32 Å². The lowest BCUT2D eigenvalue weighted by Crippen LogP contribution is -2.27. The third kappa shape index (κ3) is 4.68. The van der Waals surface area contributed by atoms with Gasteiger partial charge in [0, 0.05) is 24.2 Å². The summed E-state index contributed by atoms with van der Waals surface area (Å²) in [4.78, 5) is 23.6. The molecule has 2 aromatic rings. The first-order chi connectivity index (χ1) is 9.83. The molecule has 0 radical (unpaired) electrons. The minimum atomic E-state index is -0.564. The third-order valence-corrected chi connectivity index (χ3v) is 2.54. The van der Waals surface area contributed by atoms with E-state index in [1.165, 1.54) is 0 Å². The zero-order chi connectivity index (χ0) is 15.5. The molecular weight excluding hydrogens is 292 g/mol. The maximum absolute atomic E-state index is 11.7. The van der Waals surface area contributed by atoms with Gasteiger partial charge in [-0.3, -0.25) is 5.32 Å². The summed E-state index contributed by atoms with van der Waals surface area (Å²) in [6, 6.07) is 3.49. The quantitative estimate of drug-likeness (QED) is 0.859. The summed E-state index contributed by atoms with van der Waals surface area (Å²) in [5.74, 6) is 0.386. The molecule has 21 heavy (non-hydrogen) atoms. The van der Waals surface area contributed by atoms with Crippen molar-refractivity contribution < 1.29 is 9.53 Å². The monoisotopic (exact) mass is 306 g/mol. The van der Waals surface area contributed by atoms with Crippen LogP contribution in [-0.2, 0) is 4.74 Å². The van der Waals surface area contributed by atoms with Crippen molar-refractivity contribution in [3.8, 4) is 11.1 Å². The first-order valence-corrected chi connectivity index (χ1v) is 6.65. The van der Waals surface area contributed by atoms with E-state index >= 15 is 0 Å². The molecule has 0 aromatic carbocycles. The Morgan fingerprint density at radius 2 is 1.86 bits per heavy atom. The van der Waals surface area contributed by atoms with Crippen LogP contribution in [0.5, 0.6) is 0 Å². The summed E-state index contributed by atoms with van der Waals surface area (Å²) in [6.07, 6.45) is 4.22. The zero-order valence-electron chi connectivity index (χ0n) is 11.9. The second kappa shape index (κ2) is 6.05. The van der Waals surface area contributed by atoms with Crippen LogP contribution in [0, 0.1) is 0 Å². The predicted molar refractivity (Wildman–Crippen MR) is 80.1 cm³/mol. The van der Waals surface area contributed by atoms with Gasteiger partial charge in [-0.25, -0.2) is 19.7 Å². The van der Waals surface area contributed by atoms with E-state index in [2.05, 4.69) is 20.3 Å². The molecule has 0 unspecified atom stereocenters. The molecule has 0 atom stereocenters. The Morgan fingerprint density at radius 1 is 1.19 bits per heavy atom. The van der Waals surface area contributed by atoms with Crippen LogP contribution in [0.4, 0.5) is 10.6 Å². The van der Waals surface area contributed by atoms with Gasteiger partial charge < -0.3 is 4.74 Å². The van der Waals surface area contributed by atoms with Crippen molar-refractivity contribution in [1.29, 1.82) is 0 Å². The Balaban J connectivity index is 2.14. The number of halogens is 1. The number of carbonyl (C=O) groups is 1. The molecule has 0 saturated heterocycles. The van der Waals surface area contributed by atoms with Crippen LogP contribution in [0.25, 0.3) is 11.1 Å². The molecule has 1 N–H and O–H groups in total. The van der Waals surface area contributed by atoms with Gasteiger partial charge in [0.1, 0.15) is 11.4 Å². The highest BCUT2D eigenvalue weighted by Crippen LogP contribution is 2.20. The van der Waals surface area contributed by atoms with Gasteiger partial charge >= 0.3 is 6.09 Å². The topological polar surface area (TPSA) is 77.0 Å². The number of pyridine rings is 1. The van der Waals surface area contributed by atoms with E-state index in [1.54, 1.807) is 51.5 Å². The number of carbonyl (C=O) groups excluding carboxylic acids is 1. The number of hydrogen-bond acceptors (Lipinski definition) is 5. The van der Waals surface area contributed by atoms with Gasteiger partial charge in [-0.05, 0) is 50.1 Å². The van der Waals surface area contributed by atoms with Crippen LogP contribution in [0.3, 0.4) is 0 Å². The van der Waals surface area contributed by atoms with E-state index in [9.17, 15) is 4.79 Å².